The summed E-state index contributed by atoms with van der Waals surface area (Å²) in [5.41, 5.74) is 0.908. The number of ether oxygens (including phenoxy) is 2. The zero-order valence-corrected chi connectivity index (χ0v) is 14.0. The van der Waals surface area contributed by atoms with Crippen molar-refractivity contribution in [1.29, 1.82) is 0 Å². The SMILES string of the molecule is CCOC(=O)CNC(=O)Cn1nc(-c2ccc(OC)cc2)ccc1=O. The van der Waals surface area contributed by atoms with Crippen molar-refractivity contribution in [2.45, 2.75) is 13.5 Å². The highest BCUT2D eigenvalue weighted by Crippen LogP contribution is 2.19. The number of esters is 1. The molecule has 0 saturated carbocycles. The largest absolute Gasteiger partial charge is 0.497 e. The number of amides is 1. The quantitative estimate of drug-likeness (QED) is 0.738. The van der Waals surface area contributed by atoms with Crippen LogP contribution in [0.1, 0.15) is 6.92 Å². The highest BCUT2D eigenvalue weighted by Gasteiger charge is 2.10. The van der Waals surface area contributed by atoms with Crippen LogP contribution in [0, 0.1) is 0 Å². The second-order valence-electron chi connectivity index (χ2n) is 5.02. The van der Waals surface area contributed by atoms with Crippen LogP contribution >= 0.6 is 0 Å². The Bertz CT molecular complexity index is 799. The summed E-state index contributed by atoms with van der Waals surface area (Å²) in [7, 11) is 1.57. The third kappa shape index (κ3) is 5.17. The van der Waals surface area contributed by atoms with Gasteiger partial charge in [0.2, 0.25) is 5.91 Å². The summed E-state index contributed by atoms with van der Waals surface area (Å²) < 4.78 is 10.9. The van der Waals surface area contributed by atoms with Gasteiger partial charge in [0.15, 0.2) is 0 Å². The molecule has 25 heavy (non-hydrogen) atoms. The number of benzene rings is 1. The smallest absolute Gasteiger partial charge is 0.325 e. The Morgan fingerprint density at radius 1 is 1.16 bits per heavy atom. The van der Waals surface area contributed by atoms with E-state index in [-0.39, 0.29) is 19.7 Å². The van der Waals surface area contributed by atoms with Gasteiger partial charge in [0.1, 0.15) is 18.8 Å². The maximum atomic E-state index is 11.9. The van der Waals surface area contributed by atoms with E-state index in [2.05, 4.69) is 10.4 Å². The topological polar surface area (TPSA) is 99.5 Å². The molecule has 1 aromatic carbocycles. The third-order valence-corrected chi connectivity index (χ3v) is 3.28. The van der Waals surface area contributed by atoms with Crippen LogP contribution < -0.4 is 15.6 Å². The van der Waals surface area contributed by atoms with Gasteiger partial charge in [0, 0.05) is 11.6 Å². The Morgan fingerprint density at radius 2 is 1.88 bits per heavy atom. The molecule has 2 aromatic rings. The first-order valence-corrected chi connectivity index (χ1v) is 7.68. The molecule has 8 nitrogen and oxygen atoms in total. The number of carbonyl (C=O) groups excluding carboxylic acids is 2. The minimum Gasteiger partial charge on any atom is -0.497 e. The van der Waals surface area contributed by atoms with E-state index in [1.165, 1.54) is 6.07 Å². The predicted molar refractivity (Wildman–Crippen MR) is 90.1 cm³/mol. The summed E-state index contributed by atoms with van der Waals surface area (Å²) in [6, 6.07) is 10.1. The van der Waals surface area contributed by atoms with Crippen LogP contribution in [-0.2, 0) is 20.9 Å². The first kappa shape index (κ1) is 18.2. The van der Waals surface area contributed by atoms with Gasteiger partial charge >= 0.3 is 5.97 Å². The molecule has 0 spiro atoms. The molecular weight excluding hydrogens is 326 g/mol. The van der Waals surface area contributed by atoms with Gasteiger partial charge in [-0.15, -0.1) is 0 Å². The molecule has 1 N–H and O–H groups in total. The van der Waals surface area contributed by atoms with E-state index in [4.69, 9.17) is 9.47 Å². The van der Waals surface area contributed by atoms with Crippen LogP contribution in [0.2, 0.25) is 0 Å². The molecule has 0 fully saturated rings. The molecule has 2 rings (SSSR count). The van der Waals surface area contributed by atoms with Crippen LogP contribution in [0.3, 0.4) is 0 Å². The zero-order chi connectivity index (χ0) is 18.2. The minimum atomic E-state index is -0.539. The molecule has 1 amide bonds. The lowest BCUT2D eigenvalue weighted by Gasteiger charge is -2.08. The fourth-order valence-corrected chi connectivity index (χ4v) is 2.05. The number of nitrogens with one attached hydrogen (secondary N) is 1. The van der Waals surface area contributed by atoms with Gasteiger partial charge in [-0.05, 0) is 37.3 Å². The number of rotatable bonds is 7. The summed E-state index contributed by atoms with van der Waals surface area (Å²) in [5.74, 6) is -0.340. The average Bonchev–Trinajstić information content (AvgIpc) is 2.62. The van der Waals surface area contributed by atoms with Gasteiger partial charge in [-0.2, -0.15) is 5.10 Å². The maximum absolute atomic E-state index is 11.9. The lowest BCUT2D eigenvalue weighted by atomic mass is 10.1. The Labute approximate surface area is 144 Å². The normalized spacial score (nSPS) is 10.2. The van der Waals surface area contributed by atoms with Crippen LogP contribution in [0.4, 0.5) is 0 Å². The molecule has 0 radical (unpaired) electrons. The Hall–Kier alpha value is -3.16. The molecule has 0 atom stereocenters. The van der Waals surface area contributed by atoms with Crippen molar-refractivity contribution < 1.29 is 19.1 Å². The Morgan fingerprint density at radius 3 is 2.52 bits per heavy atom. The molecule has 0 unspecified atom stereocenters. The average molecular weight is 345 g/mol. The summed E-state index contributed by atoms with van der Waals surface area (Å²) in [4.78, 5) is 35.0. The standard InChI is InChI=1S/C17H19N3O5/c1-3-25-17(23)10-18-15(21)11-20-16(22)9-8-14(19-20)12-4-6-13(24-2)7-5-12/h4-9H,3,10-11H2,1-2H3,(H,18,21). The van der Waals surface area contributed by atoms with Crippen LogP contribution in [-0.4, -0.2) is 41.9 Å². The Balaban J connectivity index is 2.09. The highest BCUT2D eigenvalue weighted by atomic mass is 16.5. The summed E-state index contributed by atoms with van der Waals surface area (Å²) in [6.45, 7) is 1.37. The molecule has 1 aromatic heterocycles. The number of nitrogens with zero attached hydrogens (tertiary/aromatic N) is 2. The van der Waals surface area contributed by atoms with Gasteiger partial charge in [-0.1, -0.05) is 0 Å². The molecule has 8 heteroatoms. The van der Waals surface area contributed by atoms with Crippen molar-refractivity contribution in [3.05, 3.63) is 46.8 Å². The van der Waals surface area contributed by atoms with Crippen molar-refractivity contribution in [3.8, 4) is 17.0 Å². The number of aromatic nitrogens is 2. The molecule has 1 heterocycles. The van der Waals surface area contributed by atoms with E-state index in [0.717, 1.165) is 10.2 Å². The summed E-state index contributed by atoms with van der Waals surface area (Å²) >= 11 is 0. The van der Waals surface area contributed by atoms with Gasteiger partial charge < -0.3 is 14.8 Å². The molecule has 0 saturated heterocycles. The molecule has 0 aliphatic rings. The van der Waals surface area contributed by atoms with E-state index in [9.17, 15) is 14.4 Å². The van der Waals surface area contributed by atoms with Crippen molar-refractivity contribution in [3.63, 3.8) is 0 Å². The minimum absolute atomic E-state index is 0.236. The highest BCUT2D eigenvalue weighted by molar-refractivity contribution is 5.81. The lowest BCUT2D eigenvalue weighted by Crippen LogP contribution is -2.36. The summed E-state index contributed by atoms with van der Waals surface area (Å²) in [5, 5.41) is 6.58. The fraction of sp³-hybridized carbons (Fsp3) is 0.294. The predicted octanol–water partition coefficient (Wildman–Crippen LogP) is 0.598. The van der Waals surface area contributed by atoms with Gasteiger partial charge in [0.05, 0.1) is 19.4 Å². The van der Waals surface area contributed by atoms with Crippen LogP contribution in [0.5, 0.6) is 5.75 Å². The van der Waals surface area contributed by atoms with E-state index < -0.39 is 17.4 Å². The zero-order valence-electron chi connectivity index (χ0n) is 14.0. The van der Waals surface area contributed by atoms with Crippen molar-refractivity contribution >= 4 is 11.9 Å². The molecule has 0 aliphatic heterocycles. The Kier molecular flexibility index (Phi) is 6.27. The van der Waals surface area contributed by atoms with Crippen LogP contribution in [0.25, 0.3) is 11.3 Å². The van der Waals surface area contributed by atoms with Crippen molar-refractivity contribution in [2.24, 2.45) is 0 Å². The van der Waals surface area contributed by atoms with E-state index in [1.807, 2.05) is 0 Å². The maximum Gasteiger partial charge on any atom is 0.325 e. The first-order valence-electron chi connectivity index (χ1n) is 7.68. The monoisotopic (exact) mass is 345 g/mol. The van der Waals surface area contributed by atoms with Crippen molar-refractivity contribution in [2.75, 3.05) is 20.3 Å². The lowest BCUT2D eigenvalue weighted by molar-refractivity contribution is -0.143. The fourth-order valence-electron chi connectivity index (χ4n) is 2.05. The molecular formula is C17H19N3O5. The van der Waals surface area contributed by atoms with Gasteiger partial charge in [-0.3, -0.25) is 14.4 Å². The first-order chi connectivity index (χ1) is 12.0. The van der Waals surface area contributed by atoms with Crippen molar-refractivity contribution in [1.82, 2.24) is 15.1 Å². The number of hydrogen-bond acceptors (Lipinski definition) is 6. The summed E-state index contributed by atoms with van der Waals surface area (Å²) in [6.07, 6.45) is 0. The van der Waals surface area contributed by atoms with E-state index >= 15 is 0 Å². The van der Waals surface area contributed by atoms with Crippen LogP contribution in [0.15, 0.2) is 41.2 Å². The van der Waals surface area contributed by atoms with E-state index in [0.29, 0.717) is 11.4 Å². The van der Waals surface area contributed by atoms with E-state index in [1.54, 1.807) is 44.4 Å². The van der Waals surface area contributed by atoms with Gasteiger partial charge in [0.25, 0.3) is 5.56 Å². The number of hydrogen-bond donors (Lipinski definition) is 1. The third-order valence-electron chi connectivity index (χ3n) is 3.28. The van der Waals surface area contributed by atoms with Gasteiger partial charge in [-0.25, -0.2) is 4.68 Å². The second kappa shape index (κ2) is 8.62. The molecule has 0 aliphatic carbocycles. The molecule has 0 bridgehead atoms. The second-order valence-corrected chi connectivity index (χ2v) is 5.02. The number of carbonyl (C=O) groups is 2. The number of methoxy groups -OCH3 is 1. The molecule has 132 valence electrons.